The van der Waals surface area contributed by atoms with Gasteiger partial charge in [-0.1, -0.05) is 0 Å². The summed E-state index contributed by atoms with van der Waals surface area (Å²) in [5, 5.41) is 13.7. The molecule has 0 radical (unpaired) electrons. The summed E-state index contributed by atoms with van der Waals surface area (Å²) >= 11 is 0. The van der Waals surface area contributed by atoms with Gasteiger partial charge in [-0.2, -0.15) is 0 Å². The number of carbonyl (C=O) groups excluding carboxylic acids is 2. The number of amides is 3. The molecule has 8 heteroatoms. The van der Waals surface area contributed by atoms with E-state index in [0.717, 1.165) is 18.2 Å². The number of likely N-dealkylation sites (N-methyl/N-ethyl adjacent to an activating group) is 1. The lowest BCUT2D eigenvalue weighted by Crippen LogP contribution is -2.42. The Bertz CT molecular complexity index is 605. The molecule has 1 aliphatic rings. The third kappa shape index (κ3) is 3.28. The Labute approximate surface area is 119 Å². The van der Waals surface area contributed by atoms with Gasteiger partial charge in [0.05, 0.1) is 11.3 Å². The number of aromatic carboxylic acids is 1. The number of carboxylic acid groups (broad SMARTS) is 1. The van der Waals surface area contributed by atoms with Crippen LogP contribution in [0.15, 0.2) is 18.2 Å². The van der Waals surface area contributed by atoms with Crippen molar-refractivity contribution in [1.29, 1.82) is 0 Å². The molecule has 1 atom stereocenters. The van der Waals surface area contributed by atoms with Crippen molar-refractivity contribution in [2.75, 3.05) is 18.9 Å². The molecule has 21 heavy (non-hydrogen) atoms. The monoisotopic (exact) mass is 295 g/mol. The Kier molecular flexibility index (Phi) is 4.06. The predicted molar refractivity (Wildman–Crippen MR) is 71.6 cm³/mol. The maximum Gasteiger partial charge on any atom is 0.337 e. The average molecular weight is 295 g/mol. The van der Waals surface area contributed by atoms with Crippen LogP contribution in [0.2, 0.25) is 0 Å². The highest BCUT2D eigenvalue weighted by Crippen LogP contribution is 2.17. The number of benzene rings is 1. The second kappa shape index (κ2) is 5.78. The first-order chi connectivity index (χ1) is 9.88. The van der Waals surface area contributed by atoms with E-state index in [1.54, 1.807) is 7.05 Å². The Hall–Kier alpha value is -2.64. The molecule has 3 N–H and O–H groups in total. The fourth-order valence-electron chi connectivity index (χ4n) is 2.08. The van der Waals surface area contributed by atoms with Crippen molar-refractivity contribution < 1.29 is 23.9 Å². The first-order valence-corrected chi connectivity index (χ1v) is 6.24. The predicted octanol–water partition coefficient (Wildman–Crippen LogP) is 0.876. The van der Waals surface area contributed by atoms with Gasteiger partial charge in [-0.25, -0.2) is 14.0 Å². The summed E-state index contributed by atoms with van der Waals surface area (Å²) in [6.45, 7) is 0.542. The van der Waals surface area contributed by atoms with Crippen molar-refractivity contribution in [1.82, 2.24) is 10.2 Å². The minimum absolute atomic E-state index is 0.0415. The van der Waals surface area contributed by atoms with Crippen LogP contribution in [0.5, 0.6) is 0 Å². The lowest BCUT2D eigenvalue weighted by Gasteiger charge is -2.14. The van der Waals surface area contributed by atoms with E-state index in [9.17, 15) is 18.8 Å². The van der Waals surface area contributed by atoms with E-state index in [1.165, 1.54) is 4.90 Å². The third-order valence-electron chi connectivity index (χ3n) is 3.19. The van der Waals surface area contributed by atoms with E-state index in [0.29, 0.717) is 13.0 Å². The number of rotatable bonds is 3. The average Bonchev–Trinajstić information content (AvgIpc) is 2.72. The second-order valence-electron chi connectivity index (χ2n) is 4.69. The van der Waals surface area contributed by atoms with Crippen molar-refractivity contribution in [3.8, 4) is 0 Å². The number of halogens is 1. The summed E-state index contributed by atoms with van der Waals surface area (Å²) in [5.41, 5.74) is -0.403. The minimum Gasteiger partial charge on any atom is -0.478 e. The zero-order valence-corrected chi connectivity index (χ0v) is 11.2. The van der Waals surface area contributed by atoms with Gasteiger partial charge in [-0.15, -0.1) is 0 Å². The molecule has 112 valence electrons. The molecular formula is C13H14FN3O4. The zero-order chi connectivity index (χ0) is 15.6. The molecule has 1 aromatic rings. The van der Waals surface area contributed by atoms with Crippen LogP contribution in [0.1, 0.15) is 16.8 Å². The molecule has 0 saturated carbocycles. The van der Waals surface area contributed by atoms with Crippen LogP contribution in [0, 0.1) is 5.82 Å². The highest BCUT2D eigenvalue weighted by Gasteiger charge is 2.30. The fourth-order valence-corrected chi connectivity index (χ4v) is 2.08. The lowest BCUT2D eigenvalue weighted by molar-refractivity contribution is -0.128. The summed E-state index contributed by atoms with van der Waals surface area (Å²) in [5.74, 6) is -2.28. The van der Waals surface area contributed by atoms with Crippen molar-refractivity contribution in [3.63, 3.8) is 0 Å². The van der Waals surface area contributed by atoms with E-state index < -0.39 is 23.9 Å². The topological polar surface area (TPSA) is 98.7 Å². The molecule has 0 aromatic heterocycles. The number of anilines is 1. The van der Waals surface area contributed by atoms with Crippen LogP contribution in [-0.4, -0.2) is 47.5 Å². The Morgan fingerprint density at radius 1 is 1.43 bits per heavy atom. The van der Waals surface area contributed by atoms with Crippen molar-refractivity contribution in [3.05, 3.63) is 29.6 Å². The van der Waals surface area contributed by atoms with Gasteiger partial charge in [0, 0.05) is 13.6 Å². The Morgan fingerprint density at radius 2 is 2.14 bits per heavy atom. The van der Waals surface area contributed by atoms with E-state index in [4.69, 9.17) is 5.11 Å². The van der Waals surface area contributed by atoms with E-state index in [1.807, 2.05) is 0 Å². The van der Waals surface area contributed by atoms with Gasteiger partial charge in [0.1, 0.15) is 11.9 Å². The molecule has 0 aliphatic carbocycles. The van der Waals surface area contributed by atoms with Crippen LogP contribution in [0.3, 0.4) is 0 Å². The lowest BCUT2D eigenvalue weighted by atomic mass is 10.1. The molecule has 1 aliphatic heterocycles. The van der Waals surface area contributed by atoms with E-state index in [-0.39, 0.29) is 17.2 Å². The number of hydrogen-bond acceptors (Lipinski definition) is 3. The van der Waals surface area contributed by atoms with Crippen LogP contribution < -0.4 is 10.6 Å². The molecule has 3 amide bonds. The Balaban J connectivity index is 2.06. The number of nitrogens with zero attached hydrogens (tertiary/aromatic N) is 1. The number of carboxylic acids is 1. The molecule has 7 nitrogen and oxygen atoms in total. The number of nitrogens with one attached hydrogen (secondary N) is 2. The molecule has 1 heterocycles. The number of hydrogen-bond donors (Lipinski definition) is 3. The molecule has 1 saturated heterocycles. The summed E-state index contributed by atoms with van der Waals surface area (Å²) in [6, 6.07) is 1.66. The van der Waals surface area contributed by atoms with Crippen LogP contribution in [0.25, 0.3) is 0 Å². The van der Waals surface area contributed by atoms with Gasteiger partial charge in [0.15, 0.2) is 0 Å². The van der Waals surface area contributed by atoms with Crippen molar-refractivity contribution in [2.24, 2.45) is 0 Å². The smallest absolute Gasteiger partial charge is 0.337 e. The maximum absolute atomic E-state index is 13.0. The fraction of sp³-hybridized carbons (Fsp3) is 0.308. The van der Waals surface area contributed by atoms with E-state index >= 15 is 0 Å². The minimum atomic E-state index is -1.36. The number of carbonyl (C=O) groups is 3. The van der Waals surface area contributed by atoms with E-state index in [2.05, 4.69) is 10.6 Å². The van der Waals surface area contributed by atoms with Crippen molar-refractivity contribution >= 4 is 23.6 Å². The molecule has 0 bridgehead atoms. The number of likely N-dealkylation sites (tertiary alicyclic amines) is 1. The van der Waals surface area contributed by atoms with Gasteiger partial charge in [-0.3, -0.25) is 4.79 Å². The highest BCUT2D eigenvalue weighted by atomic mass is 19.1. The largest absolute Gasteiger partial charge is 0.478 e. The van der Waals surface area contributed by atoms with Crippen molar-refractivity contribution in [2.45, 2.75) is 12.5 Å². The van der Waals surface area contributed by atoms with Crippen LogP contribution in [-0.2, 0) is 4.79 Å². The SMILES string of the molecule is CN1CCC(NC(=O)Nc2ccc(F)cc2C(=O)O)C1=O. The summed E-state index contributed by atoms with van der Waals surface area (Å²) in [6.07, 6.45) is 0.484. The number of urea groups is 1. The van der Waals surface area contributed by atoms with Crippen LogP contribution in [0.4, 0.5) is 14.9 Å². The van der Waals surface area contributed by atoms with Gasteiger partial charge < -0.3 is 20.6 Å². The third-order valence-corrected chi connectivity index (χ3v) is 3.19. The standard InChI is InChI=1S/C13H14FN3O4/c1-17-5-4-10(11(17)18)16-13(21)15-9-3-2-7(14)6-8(9)12(19)20/h2-3,6,10H,4-5H2,1H3,(H,19,20)(H2,15,16,21). The van der Waals surface area contributed by atoms with Gasteiger partial charge >= 0.3 is 12.0 Å². The maximum atomic E-state index is 13.0. The van der Waals surface area contributed by atoms with Crippen LogP contribution >= 0.6 is 0 Å². The summed E-state index contributed by atoms with van der Waals surface area (Å²) in [4.78, 5) is 35.9. The normalized spacial score (nSPS) is 17.7. The Morgan fingerprint density at radius 3 is 2.71 bits per heavy atom. The zero-order valence-electron chi connectivity index (χ0n) is 11.2. The summed E-state index contributed by atoms with van der Waals surface area (Å²) < 4.78 is 13.0. The molecule has 1 fully saturated rings. The molecule has 1 aromatic carbocycles. The molecule has 2 rings (SSSR count). The first kappa shape index (κ1) is 14.8. The molecule has 0 spiro atoms. The van der Waals surface area contributed by atoms with Gasteiger partial charge in [0.2, 0.25) is 5.91 Å². The highest BCUT2D eigenvalue weighted by molar-refractivity contribution is 6.01. The quantitative estimate of drug-likeness (QED) is 0.770. The van der Waals surface area contributed by atoms with Gasteiger partial charge in [0.25, 0.3) is 0 Å². The molecule has 1 unspecified atom stereocenters. The van der Waals surface area contributed by atoms with Gasteiger partial charge in [-0.05, 0) is 24.6 Å². The molecular weight excluding hydrogens is 281 g/mol. The summed E-state index contributed by atoms with van der Waals surface area (Å²) in [7, 11) is 1.63. The first-order valence-electron chi connectivity index (χ1n) is 6.24. The second-order valence-corrected chi connectivity index (χ2v) is 4.69.